The number of ether oxygens (including phenoxy) is 1. The van der Waals surface area contributed by atoms with E-state index in [1.165, 1.54) is 12.1 Å². The van der Waals surface area contributed by atoms with Gasteiger partial charge in [0.1, 0.15) is 11.6 Å². The number of hydrogen-bond donors (Lipinski definition) is 2. The van der Waals surface area contributed by atoms with Crippen LogP contribution in [-0.4, -0.2) is 18.0 Å². The molecule has 3 aromatic carbocycles. The lowest BCUT2D eigenvalue weighted by Gasteiger charge is -2.18. The summed E-state index contributed by atoms with van der Waals surface area (Å²) in [6.07, 6.45) is 2.26. The molecule has 4 rings (SSSR count). The molecule has 30 heavy (non-hydrogen) atoms. The Bertz CT molecular complexity index is 1150. The standard InChI is InChI=1S/C25H23FN2O2/c1-30-20-6-4-5-18(13-20)22(23-16-27-24-8-3-2-7-21(23)24)14-25(29)28-15-17-9-11-19(26)12-10-17/h2-13,16,22,27H,14-15H2,1H3,(H,28,29)/t22-/m0/s1. The summed E-state index contributed by atoms with van der Waals surface area (Å²) in [6, 6.07) is 22.0. The Morgan fingerprint density at radius 3 is 2.67 bits per heavy atom. The fourth-order valence-electron chi connectivity index (χ4n) is 3.71. The number of fused-ring (bicyclic) bond motifs is 1. The fourth-order valence-corrected chi connectivity index (χ4v) is 3.71. The minimum atomic E-state index is -0.289. The molecule has 2 N–H and O–H groups in total. The van der Waals surface area contributed by atoms with Gasteiger partial charge in [0.25, 0.3) is 0 Å². The minimum Gasteiger partial charge on any atom is -0.497 e. The molecule has 0 spiro atoms. The molecular weight excluding hydrogens is 379 g/mol. The van der Waals surface area contributed by atoms with Crippen molar-refractivity contribution in [2.75, 3.05) is 7.11 Å². The van der Waals surface area contributed by atoms with Crippen LogP contribution in [0.1, 0.15) is 29.0 Å². The Morgan fingerprint density at radius 2 is 1.87 bits per heavy atom. The predicted molar refractivity (Wildman–Crippen MR) is 116 cm³/mol. The summed E-state index contributed by atoms with van der Waals surface area (Å²) in [5, 5.41) is 4.05. The largest absolute Gasteiger partial charge is 0.497 e. The molecule has 0 bridgehead atoms. The van der Waals surface area contributed by atoms with Gasteiger partial charge in [-0.2, -0.15) is 0 Å². The van der Waals surface area contributed by atoms with Crippen molar-refractivity contribution in [3.05, 3.63) is 102 Å². The first-order valence-electron chi connectivity index (χ1n) is 9.85. The van der Waals surface area contributed by atoms with E-state index in [1.807, 2.05) is 48.7 Å². The average molecular weight is 402 g/mol. The lowest BCUT2D eigenvalue weighted by atomic mass is 9.88. The number of aromatic amines is 1. The van der Waals surface area contributed by atoms with Crippen LogP contribution in [0.25, 0.3) is 10.9 Å². The van der Waals surface area contributed by atoms with Crippen molar-refractivity contribution < 1.29 is 13.9 Å². The second-order valence-electron chi connectivity index (χ2n) is 7.23. The summed E-state index contributed by atoms with van der Waals surface area (Å²) >= 11 is 0. The van der Waals surface area contributed by atoms with Gasteiger partial charge in [0.2, 0.25) is 5.91 Å². The second kappa shape index (κ2) is 8.82. The van der Waals surface area contributed by atoms with E-state index in [0.29, 0.717) is 6.54 Å². The molecule has 0 saturated carbocycles. The van der Waals surface area contributed by atoms with Gasteiger partial charge in [-0.25, -0.2) is 4.39 Å². The zero-order valence-electron chi connectivity index (χ0n) is 16.7. The maximum atomic E-state index is 13.1. The lowest BCUT2D eigenvalue weighted by Crippen LogP contribution is -2.25. The molecule has 0 fully saturated rings. The number of rotatable bonds is 7. The van der Waals surface area contributed by atoms with E-state index in [1.54, 1.807) is 19.2 Å². The fraction of sp³-hybridized carbons (Fsp3) is 0.160. The highest BCUT2D eigenvalue weighted by Crippen LogP contribution is 2.34. The van der Waals surface area contributed by atoms with Crippen LogP contribution in [0.3, 0.4) is 0 Å². The van der Waals surface area contributed by atoms with Crippen molar-refractivity contribution in [3.63, 3.8) is 0 Å². The number of amides is 1. The molecule has 0 aliphatic heterocycles. The number of carbonyl (C=O) groups excluding carboxylic acids is 1. The van der Waals surface area contributed by atoms with Gasteiger partial charge in [0, 0.05) is 36.0 Å². The van der Waals surface area contributed by atoms with Gasteiger partial charge in [-0.3, -0.25) is 4.79 Å². The molecule has 5 heteroatoms. The molecule has 0 aliphatic carbocycles. The molecule has 4 nitrogen and oxygen atoms in total. The molecule has 1 aromatic heterocycles. The Kier molecular flexibility index (Phi) is 5.80. The van der Waals surface area contributed by atoms with E-state index in [0.717, 1.165) is 33.3 Å². The van der Waals surface area contributed by atoms with Crippen LogP contribution in [-0.2, 0) is 11.3 Å². The zero-order valence-corrected chi connectivity index (χ0v) is 16.7. The Labute approximate surface area is 174 Å². The Morgan fingerprint density at radius 1 is 1.07 bits per heavy atom. The number of hydrogen-bond acceptors (Lipinski definition) is 2. The summed E-state index contributed by atoms with van der Waals surface area (Å²) in [5.41, 5.74) is 3.97. The summed E-state index contributed by atoms with van der Waals surface area (Å²) in [7, 11) is 1.63. The molecule has 0 radical (unpaired) electrons. The maximum absolute atomic E-state index is 13.1. The molecule has 1 amide bonds. The highest BCUT2D eigenvalue weighted by atomic mass is 19.1. The van der Waals surface area contributed by atoms with Crippen molar-refractivity contribution >= 4 is 16.8 Å². The number of halogens is 1. The topological polar surface area (TPSA) is 54.1 Å². The normalized spacial score (nSPS) is 11.9. The van der Waals surface area contributed by atoms with Crippen LogP contribution in [0, 0.1) is 5.82 Å². The zero-order chi connectivity index (χ0) is 20.9. The van der Waals surface area contributed by atoms with Gasteiger partial charge in [0.15, 0.2) is 0 Å². The highest BCUT2D eigenvalue weighted by molar-refractivity contribution is 5.86. The van der Waals surface area contributed by atoms with Crippen molar-refractivity contribution in [2.45, 2.75) is 18.9 Å². The molecule has 4 aromatic rings. The van der Waals surface area contributed by atoms with Gasteiger partial charge in [-0.1, -0.05) is 42.5 Å². The van der Waals surface area contributed by atoms with Crippen LogP contribution < -0.4 is 10.1 Å². The number of aromatic nitrogens is 1. The number of para-hydroxylation sites is 1. The summed E-state index contributed by atoms with van der Waals surface area (Å²) in [6.45, 7) is 0.359. The maximum Gasteiger partial charge on any atom is 0.221 e. The first-order valence-corrected chi connectivity index (χ1v) is 9.85. The minimum absolute atomic E-state index is 0.0718. The van der Waals surface area contributed by atoms with Crippen molar-refractivity contribution in [1.82, 2.24) is 10.3 Å². The van der Waals surface area contributed by atoms with Gasteiger partial charge >= 0.3 is 0 Å². The molecular formula is C25H23FN2O2. The summed E-state index contributed by atoms with van der Waals surface area (Å²) in [5.74, 6) is 0.258. The van der Waals surface area contributed by atoms with Crippen LogP contribution in [0.4, 0.5) is 4.39 Å². The van der Waals surface area contributed by atoms with Crippen LogP contribution >= 0.6 is 0 Å². The van der Waals surface area contributed by atoms with E-state index < -0.39 is 0 Å². The SMILES string of the molecule is COc1cccc([C@H](CC(=O)NCc2ccc(F)cc2)c2c[nH]c3ccccc23)c1. The van der Waals surface area contributed by atoms with E-state index in [-0.39, 0.29) is 24.1 Å². The van der Waals surface area contributed by atoms with Crippen molar-refractivity contribution in [2.24, 2.45) is 0 Å². The number of carbonyl (C=O) groups is 1. The number of methoxy groups -OCH3 is 1. The van der Waals surface area contributed by atoms with E-state index in [4.69, 9.17) is 4.74 Å². The smallest absolute Gasteiger partial charge is 0.221 e. The third-order valence-corrected chi connectivity index (χ3v) is 5.29. The van der Waals surface area contributed by atoms with Crippen molar-refractivity contribution in [3.8, 4) is 5.75 Å². The van der Waals surface area contributed by atoms with Crippen LogP contribution in [0.5, 0.6) is 5.75 Å². The predicted octanol–water partition coefficient (Wildman–Crippen LogP) is 5.15. The average Bonchev–Trinajstić information content (AvgIpc) is 3.21. The summed E-state index contributed by atoms with van der Waals surface area (Å²) in [4.78, 5) is 16.1. The lowest BCUT2D eigenvalue weighted by molar-refractivity contribution is -0.121. The van der Waals surface area contributed by atoms with Crippen molar-refractivity contribution in [1.29, 1.82) is 0 Å². The molecule has 0 saturated heterocycles. The third-order valence-electron chi connectivity index (χ3n) is 5.29. The first-order chi connectivity index (χ1) is 14.6. The monoisotopic (exact) mass is 402 g/mol. The van der Waals surface area contributed by atoms with Gasteiger partial charge in [0.05, 0.1) is 7.11 Å². The number of nitrogens with one attached hydrogen (secondary N) is 2. The molecule has 1 heterocycles. The quantitative estimate of drug-likeness (QED) is 0.449. The third kappa shape index (κ3) is 4.35. The van der Waals surface area contributed by atoms with E-state index in [2.05, 4.69) is 16.4 Å². The van der Waals surface area contributed by atoms with Gasteiger partial charge in [-0.05, 0) is 47.0 Å². The number of H-pyrrole nitrogens is 1. The molecule has 0 aliphatic rings. The molecule has 0 unspecified atom stereocenters. The van der Waals surface area contributed by atoms with Crippen LogP contribution in [0.2, 0.25) is 0 Å². The van der Waals surface area contributed by atoms with E-state index in [9.17, 15) is 9.18 Å². The summed E-state index contributed by atoms with van der Waals surface area (Å²) < 4.78 is 18.5. The van der Waals surface area contributed by atoms with Gasteiger partial charge in [-0.15, -0.1) is 0 Å². The molecule has 152 valence electrons. The Hall–Kier alpha value is -3.60. The number of benzene rings is 3. The Balaban J connectivity index is 1.60. The van der Waals surface area contributed by atoms with Gasteiger partial charge < -0.3 is 15.0 Å². The second-order valence-corrected chi connectivity index (χ2v) is 7.23. The first kappa shape index (κ1) is 19.7. The van der Waals surface area contributed by atoms with Crippen LogP contribution in [0.15, 0.2) is 79.0 Å². The van der Waals surface area contributed by atoms with E-state index >= 15 is 0 Å². The highest BCUT2D eigenvalue weighted by Gasteiger charge is 2.22. The molecule has 1 atom stereocenters.